The van der Waals surface area contributed by atoms with Crippen molar-refractivity contribution in [2.75, 3.05) is 33.7 Å². The quantitative estimate of drug-likeness (QED) is 0.640. The zero-order valence-electron chi connectivity index (χ0n) is 16.9. The molecule has 1 aromatic rings. The second-order valence-electron chi connectivity index (χ2n) is 8.20. The number of guanidine groups is 1. The number of hydrogen-bond acceptors (Lipinski definition) is 2. The fourth-order valence-electron chi connectivity index (χ4n) is 4.09. The van der Waals surface area contributed by atoms with E-state index in [0.717, 1.165) is 25.5 Å². The maximum Gasteiger partial charge on any atom is 0.243 e. The first kappa shape index (κ1) is 19.7. The van der Waals surface area contributed by atoms with Crippen LogP contribution in [0.15, 0.2) is 35.3 Å². The van der Waals surface area contributed by atoms with Crippen molar-refractivity contribution in [1.82, 2.24) is 15.1 Å². The van der Waals surface area contributed by atoms with Crippen LogP contribution in [0.4, 0.5) is 0 Å². The van der Waals surface area contributed by atoms with Crippen LogP contribution in [0.1, 0.15) is 44.1 Å². The molecule has 2 aliphatic rings. The monoisotopic (exact) mass is 370 g/mol. The minimum absolute atomic E-state index is 0.0537. The summed E-state index contributed by atoms with van der Waals surface area (Å²) in [6.07, 6.45) is 8.64. The van der Waals surface area contributed by atoms with E-state index >= 15 is 0 Å². The van der Waals surface area contributed by atoms with Gasteiger partial charge in [0, 0.05) is 33.2 Å². The van der Waals surface area contributed by atoms with E-state index in [2.05, 4.69) is 40.5 Å². The van der Waals surface area contributed by atoms with E-state index in [9.17, 15) is 4.79 Å². The van der Waals surface area contributed by atoms with Crippen LogP contribution in [0, 0.1) is 5.92 Å². The third-order valence-electron chi connectivity index (χ3n) is 5.75. The second-order valence-corrected chi connectivity index (χ2v) is 8.20. The van der Waals surface area contributed by atoms with Crippen LogP contribution in [0.3, 0.4) is 0 Å². The Morgan fingerprint density at radius 1 is 1.15 bits per heavy atom. The number of carbonyl (C=O) groups is 1. The molecule has 1 saturated carbocycles. The van der Waals surface area contributed by atoms with Crippen LogP contribution in [-0.4, -0.2) is 61.4 Å². The molecule has 1 saturated heterocycles. The summed E-state index contributed by atoms with van der Waals surface area (Å²) >= 11 is 0. The molecule has 148 valence electrons. The number of benzene rings is 1. The van der Waals surface area contributed by atoms with Gasteiger partial charge < -0.3 is 15.1 Å². The first-order valence-electron chi connectivity index (χ1n) is 10.4. The van der Waals surface area contributed by atoms with E-state index in [0.29, 0.717) is 12.0 Å². The number of nitrogens with one attached hydrogen (secondary N) is 1. The highest BCUT2D eigenvalue weighted by Gasteiger charge is 2.27. The van der Waals surface area contributed by atoms with E-state index in [1.807, 2.05) is 0 Å². The lowest BCUT2D eigenvalue weighted by Gasteiger charge is -2.29. The van der Waals surface area contributed by atoms with Gasteiger partial charge >= 0.3 is 0 Å². The van der Waals surface area contributed by atoms with Crippen LogP contribution in [0.2, 0.25) is 0 Å². The molecule has 5 nitrogen and oxygen atoms in total. The summed E-state index contributed by atoms with van der Waals surface area (Å²) in [6, 6.07) is 11.2. The van der Waals surface area contributed by atoms with Gasteiger partial charge in [-0.05, 0) is 37.2 Å². The molecule has 1 aliphatic heterocycles. The average molecular weight is 371 g/mol. The van der Waals surface area contributed by atoms with Crippen molar-refractivity contribution in [3.05, 3.63) is 35.9 Å². The maximum absolute atomic E-state index is 12.0. The summed E-state index contributed by atoms with van der Waals surface area (Å²) in [5, 5.41) is 3.68. The van der Waals surface area contributed by atoms with Gasteiger partial charge in [-0.15, -0.1) is 0 Å². The Balaban J connectivity index is 1.62. The summed E-state index contributed by atoms with van der Waals surface area (Å²) < 4.78 is 0. The maximum atomic E-state index is 12.0. The van der Waals surface area contributed by atoms with Crippen LogP contribution in [-0.2, 0) is 11.2 Å². The van der Waals surface area contributed by atoms with Gasteiger partial charge in [-0.25, -0.2) is 4.99 Å². The molecule has 1 N–H and O–H groups in total. The van der Waals surface area contributed by atoms with Gasteiger partial charge in [-0.3, -0.25) is 4.79 Å². The van der Waals surface area contributed by atoms with Gasteiger partial charge in [-0.1, -0.05) is 49.6 Å². The van der Waals surface area contributed by atoms with Gasteiger partial charge in [-0.2, -0.15) is 0 Å². The van der Waals surface area contributed by atoms with Crippen molar-refractivity contribution in [2.45, 2.75) is 51.0 Å². The van der Waals surface area contributed by atoms with Crippen molar-refractivity contribution in [3.8, 4) is 0 Å². The van der Waals surface area contributed by atoms with E-state index in [1.165, 1.54) is 44.1 Å². The van der Waals surface area contributed by atoms with Crippen LogP contribution in [0.5, 0.6) is 0 Å². The SMILES string of the molecule is CN(C)C(=O)CN=C(NC1CCCCC1)N1CCC(Cc2ccccc2)C1. The molecular formula is C22H34N4O. The van der Waals surface area contributed by atoms with Crippen molar-refractivity contribution in [2.24, 2.45) is 10.9 Å². The molecule has 1 unspecified atom stereocenters. The summed E-state index contributed by atoms with van der Waals surface area (Å²) in [4.78, 5) is 20.7. The third kappa shape index (κ3) is 5.98. The molecule has 0 bridgehead atoms. The standard InChI is InChI=1S/C22H34N4O/c1-25(2)21(27)16-23-22(24-20-11-7-4-8-12-20)26-14-13-19(17-26)15-18-9-5-3-6-10-18/h3,5-6,9-10,19-20H,4,7-8,11-17H2,1-2H3,(H,23,24). The summed E-state index contributed by atoms with van der Waals surface area (Å²) in [5.41, 5.74) is 1.41. The fourth-order valence-corrected chi connectivity index (χ4v) is 4.09. The number of likely N-dealkylation sites (tertiary alicyclic amines) is 1. The van der Waals surface area contributed by atoms with Gasteiger partial charge in [0.2, 0.25) is 5.91 Å². The smallest absolute Gasteiger partial charge is 0.243 e. The lowest BCUT2D eigenvalue weighted by Crippen LogP contribution is -2.46. The van der Waals surface area contributed by atoms with Gasteiger partial charge in [0.05, 0.1) is 0 Å². The molecular weight excluding hydrogens is 336 g/mol. The van der Waals surface area contributed by atoms with Crippen LogP contribution >= 0.6 is 0 Å². The zero-order valence-corrected chi connectivity index (χ0v) is 16.9. The van der Waals surface area contributed by atoms with Gasteiger partial charge in [0.1, 0.15) is 6.54 Å². The number of likely N-dealkylation sites (N-methyl/N-ethyl adjacent to an activating group) is 1. The lowest BCUT2D eigenvalue weighted by molar-refractivity contribution is -0.127. The highest BCUT2D eigenvalue weighted by atomic mass is 16.2. The molecule has 1 amide bonds. The summed E-state index contributed by atoms with van der Waals surface area (Å²) in [6.45, 7) is 2.26. The average Bonchev–Trinajstić information content (AvgIpc) is 3.14. The fraction of sp³-hybridized carbons (Fsp3) is 0.636. The Bertz CT molecular complexity index is 622. The number of aliphatic imine (C=N–C) groups is 1. The van der Waals surface area contributed by atoms with Crippen molar-refractivity contribution >= 4 is 11.9 Å². The molecule has 2 fully saturated rings. The Morgan fingerprint density at radius 3 is 2.59 bits per heavy atom. The number of amides is 1. The zero-order chi connectivity index (χ0) is 19.1. The van der Waals surface area contributed by atoms with E-state index < -0.39 is 0 Å². The van der Waals surface area contributed by atoms with Crippen molar-refractivity contribution < 1.29 is 4.79 Å². The molecule has 3 rings (SSSR count). The number of hydrogen-bond donors (Lipinski definition) is 1. The molecule has 27 heavy (non-hydrogen) atoms. The molecule has 1 aliphatic carbocycles. The Kier molecular flexibility index (Phi) is 7.13. The molecule has 5 heteroatoms. The first-order valence-corrected chi connectivity index (χ1v) is 10.4. The van der Waals surface area contributed by atoms with Crippen LogP contribution < -0.4 is 5.32 Å². The topological polar surface area (TPSA) is 47.9 Å². The van der Waals surface area contributed by atoms with E-state index in [-0.39, 0.29) is 12.5 Å². The molecule has 0 aromatic heterocycles. The minimum atomic E-state index is 0.0537. The van der Waals surface area contributed by atoms with Gasteiger partial charge in [0.15, 0.2) is 5.96 Å². The normalized spacial score (nSPS) is 21.3. The molecule has 0 spiro atoms. The predicted octanol–water partition coefficient (Wildman–Crippen LogP) is 2.92. The van der Waals surface area contributed by atoms with Crippen molar-refractivity contribution in [3.63, 3.8) is 0 Å². The molecule has 1 heterocycles. The molecule has 1 aromatic carbocycles. The first-order chi connectivity index (χ1) is 13.1. The molecule has 1 atom stereocenters. The lowest BCUT2D eigenvalue weighted by atomic mass is 9.96. The van der Waals surface area contributed by atoms with Gasteiger partial charge in [0.25, 0.3) is 0 Å². The second kappa shape index (κ2) is 9.77. The Hall–Kier alpha value is -2.04. The highest BCUT2D eigenvalue weighted by molar-refractivity contribution is 5.85. The number of rotatable bonds is 5. The van der Waals surface area contributed by atoms with Crippen molar-refractivity contribution in [1.29, 1.82) is 0 Å². The van der Waals surface area contributed by atoms with Crippen LogP contribution in [0.25, 0.3) is 0 Å². The number of carbonyl (C=O) groups excluding carboxylic acids is 1. The third-order valence-corrected chi connectivity index (χ3v) is 5.75. The number of nitrogens with zero attached hydrogens (tertiary/aromatic N) is 3. The van der Waals surface area contributed by atoms with E-state index in [4.69, 9.17) is 4.99 Å². The summed E-state index contributed by atoms with van der Waals surface area (Å²) in [5.74, 6) is 1.64. The Morgan fingerprint density at radius 2 is 1.89 bits per heavy atom. The highest BCUT2D eigenvalue weighted by Crippen LogP contribution is 2.22. The largest absolute Gasteiger partial charge is 0.353 e. The molecule has 0 radical (unpaired) electrons. The van der Waals surface area contributed by atoms with E-state index in [1.54, 1.807) is 19.0 Å². The predicted molar refractivity (Wildman–Crippen MR) is 111 cm³/mol. The summed E-state index contributed by atoms with van der Waals surface area (Å²) in [7, 11) is 3.58. The Labute approximate surface area is 163 Å². The minimum Gasteiger partial charge on any atom is -0.353 e.